The first-order chi connectivity index (χ1) is 11.5. The summed E-state index contributed by atoms with van der Waals surface area (Å²) in [6.07, 6.45) is 0. The number of thioether (sulfide) groups is 1. The molecule has 24 heavy (non-hydrogen) atoms. The fourth-order valence-electron chi connectivity index (χ4n) is 2.31. The van der Waals surface area contributed by atoms with Gasteiger partial charge < -0.3 is 14.6 Å². The molecule has 3 heterocycles. The van der Waals surface area contributed by atoms with E-state index in [0.29, 0.717) is 22.8 Å². The average molecular weight is 386 g/mol. The van der Waals surface area contributed by atoms with Crippen molar-refractivity contribution in [2.75, 3.05) is 26.4 Å². The Morgan fingerprint density at radius 1 is 1.29 bits per heavy atom. The second kappa shape index (κ2) is 7.30. The van der Waals surface area contributed by atoms with Gasteiger partial charge in [0.1, 0.15) is 22.3 Å². The summed E-state index contributed by atoms with van der Waals surface area (Å²) in [5.74, 6) is 4.01. The lowest BCUT2D eigenvalue weighted by Gasteiger charge is -2.06. The highest BCUT2D eigenvalue weighted by molar-refractivity contribution is 7.98. The summed E-state index contributed by atoms with van der Waals surface area (Å²) in [5.41, 5.74) is 0.685. The van der Waals surface area contributed by atoms with E-state index >= 15 is 0 Å². The van der Waals surface area contributed by atoms with Gasteiger partial charge in [0, 0.05) is 28.6 Å². The lowest BCUT2D eigenvalue weighted by atomic mass is 10.3. The van der Waals surface area contributed by atoms with Crippen LogP contribution in [0.15, 0.2) is 36.6 Å². The molecule has 6 nitrogen and oxygen atoms in total. The third-order valence-electron chi connectivity index (χ3n) is 3.34. The number of hydrogen-bond donors (Lipinski definition) is 1. The smallest absolute Gasteiger partial charge is 0.285 e. The number of amidine groups is 1. The molecule has 0 aliphatic carbocycles. The zero-order valence-electron chi connectivity index (χ0n) is 13.5. The first-order valence-corrected chi connectivity index (χ1v) is 10.9. The van der Waals surface area contributed by atoms with E-state index in [9.17, 15) is 8.42 Å². The molecule has 2 aromatic heterocycles. The minimum Gasteiger partial charge on any atom is -0.464 e. The zero-order chi connectivity index (χ0) is 17.2. The van der Waals surface area contributed by atoms with E-state index in [4.69, 9.17) is 4.42 Å². The van der Waals surface area contributed by atoms with Crippen molar-refractivity contribution in [2.24, 2.45) is 4.40 Å². The molecule has 3 rings (SSSR count). The summed E-state index contributed by atoms with van der Waals surface area (Å²) < 4.78 is 33.2. The van der Waals surface area contributed by atoms with Crippen LogP contribution >= 0.6 is 23.1 Å². The van der Waals surface area contributed by atoms with E-state index in [1.807, 2.05) is 31.6 Å². The van der Waals surface area contributed by atoms with Crippen LogP contribution in [0.25, 0.3) is 0 Å². The minimum atomic E-state index is -3.49. The maximum Gasteiger partial charge on any atom is 0.285 e. The molecule has 0 atom stereocenters. The zero-order valence-corrected chi connectivity index (χ0v) is 15.9. The summed E-state index contributed by atoms with van der Waals surface area (Å²) >= 11 is 3.11. The summed E-state index contributed by atoms with van der Waals surface area (Å²) in [4.78, 5) is 2.38. The highest BCUT2D eigenvalue weighted by atomic mass is 32.2. The van der Waals surface area contributed by atoms with Crippen molar-refractivity contribution >= 4 is 39.0 Å². The van der Waals surface area contributed by atoms with Gasteiger partial charge in [-0.2, -0.15) is 31.5 Å². The molecular weight excluding hydrogens is 366 g/mol. The van der Waals surface area contributed by atoms with Gasteiger partial charge in [-0.05, 0) is 26.2 Å². The Hall–Kier alpha value is -1.29. The van der Waals surface area contributed by atoms with Gasteiger partial charge >= 0.3 is 0 Å². The van der Waals surface area contributed by atoms with Crippen LogP contribution in [0.4, 0.5) is 0 Å². The molecule has 1 aliphatic heterocycles. The topological polar surface area (TPSA) is 74.9 Å². The van der Waals surface area contributed by atoms with E-state index in [0.717, 1.165) is 29.6 Å². The van der Waals surface area contributed by atoms with Crippen LogP contribution < -0.4 is 5.32 Å². The molecule has 0 spiro atoms. The Labute approximate surface area is 150 Å². The predicted molar refractivity (Wildman–Crippen MR) is 98.3 cm³/mol. The summed E-state index contributed by atoms with van der Waals surface area (Å²) in [6.45, 7) is 1.45. The van der Waals surface area contributed by atoms with Gasteiger partial charge in [-0.15, -0.1) is 4.40 Å². The monoisotopic (exact) mass is 385 g/mol. The van der Waals surface area contributed by atoms with Crippen molar-refractivity contribution in [1.82, 2.24) is 10.2 Å². The maximum atomic E-state index is 11.8. The van der Waals surface area contributed by atoms with Crippen molar-refractivity contribution in [3.05, 3.63) is 40.0 Å². The Balaban J connectivity index is 1.43. The number of thiophene rings is 1. The number of fused-ring (bicyclic) bond motifs is 1. The largest absolute Gasteiger partial charge is 0.464 e. The normalized spacial score (nSPS) is 15.5. The molecule has 1 N–H and O–H groups in total. The van der Waals surface area contributed by atoms with E-state index < -0.39 is 10.0 Å². The Morgan fingerprint density at radius 2 is 2.08 bits per heavy atom. The summed E-state index contributed by atoms with van der Waals surface area (Å²) in [6, 6.07) is 4.01. The second-order valence-electron chi connectivity index (χ2n) is 5.65. The van der Waals surface area contributed by atoms with Gasteiger partial charge in [-0.1, -0.05) is 0 Å². The fourth-order valence-corrected chi connectivity index (χ4v) is 5.42. The van der Waals surface area contributed by atoms with Crippen LogP contribution in [0, 0.1) is 0 Å². The van der Waals surface area contributed by atoms with Crippen LogP contribution in [0.1, 0.15) is 17.1 Å². The number of nitrogens with zero attached hydrogens (tertiary/aromatic N) is 2. The van der Waals surface area contributed by atoms with E-state index in [1.54, 1.807) is 17.1 Å². The maximum absolute atomic E-state index is 11.8. The molecule has 0 aromatic carbocycles. The molecule has 9 heteroatoms. The molecular formula is C15H19N3O3S3. The van der Waals surface area contributed by atoms with E-state index in [-0.39, 0.29) is 0 Å². The van der Waals surface area contributed by atoms with Crippen molar-refractivity contribution < 1.29 is 12.8 Å². The number of nitrogens with one attached hydrogen (secondary N) is 1. The van der Waals surface area contributed by atoms with Gasteiger partial charge in [-0.3, -0.25) is 0 Å². The van der Waals surface area contributed by atoms with Crippen LogP contribution in [-0.4, -0.2) is 45.5 Å². The molecule has 1 aliphatic rings. The van der Waals surface area contributed by atoms with Gasteiger partial charge in [0.2, 0.25) is 0 Å². The molecule has 0 saturated carbocycles. The van der Waals surface area contributed by atoms with Gasteiger partial charge in [0.05, 0.1) is 12.3 Å². The highest BCUT2D eigenvalue weighted by Gasteiger charge is 2.29. The molecule has 130 valence electrons. The molecule has 0 unspecified atom stereocenters. The first-order valence-electron chi connectivity index (χ1n) is 7.41. The number of rotatable bonds is 7. The lowest BCUT2D eigenvalue weighted by molar-refractivity contribution is 0.344. The van der Waals surface area contributed by atoms with Crippen LogP contribution in [0.5, 0.6) is 0 Å². The number of sulfonamides is 1. The van der Waals surface area contributed by atoms with Crippen molar-refractivity contribution in [3.63, 3.8) is 0 Å². The Bertz CT molecular complexity index is 837. The highest BCUT2D eigenvalue weighted by Crippen LogP contribution is 2.28. The van der Waals surface area contributed by atoms with Gasteiger partial charge in [0.25, 0.3) is 10.0 Å². The Kier molecular flexibility index (Phi) is 5.33. The van der Waals surface area contributed by atoms with Crippen molar-refractivity contribution in [1.29, 1.82) is 0 Å². The minimum absolute atomic E-state index is 0.312. The quantitative estimate of drug-likeness (QED) is 0.738. The first kappa shape index (κ1) is 17.5. The van der Waals surface area contributed by atoms with Crippen molar-refractivity contribution in [3.8, 4) is 0 Å². The van der Waals surface area contributed by atoms with Gasteiger partial charge in [-0.25, -0.2) is 0 Å². The van der Waals surface area contributed by atoms with E-state index in [1.165, 1.54) is 11.3 Å². The molecule has 0 amide bonds. The SMILES string of the molecule is CN(C)Cc1ccc(CSCCNC2=NS(=O)(=O)c3cscc32)o1. The number of furan rings is 1. The third kappa shape index (κ3) is 4.02. The average Bonchev–Trinajstić information content (AvgIpc) is 3.18. The standard InChI is InChI=1S/C15H19N3O3S3/c1-18(2)7-11-3-4-12(21-11)8-22-6-5-16-15-13-9-23-10-14(13)24(19,20)17-15/h3-4,9-10H,5-8H2,1-2H3,(H,16,17). The van der Waals surface area contributed by atoms with Crippen molar-refractivity contribution in [2.45, 2.75) is 17.2 Å². The van der Waals surface area contributed by atoms with Gasteiger partial charge in [0.15, 0.2) is 0 Å². The molecule has 0 saturated heterocycles. The molecule has 2 aromatic rings. The number of hydrogen-bond acceptors (Lipinski definition) is 7. The second-order valence-corrected chi connectivity index (χ2v) is 9.07. The van der Waals surface area contributed by atoms with Crippen LogP contribution in [0.2, 0.25) is 0 Å². The van der Waals surface area contributed by atoms with E-state index in [2.05, 4.69) is 14.6 Å². The van der Waals surface area contributed by atoms with Crippen LogP contribution in [0.3, 0.4) is 0 Å². The fraction of sp³-hybridized carbons (Fsp3) is 0.400. The molecule has 0 radical (unpaired) electrons. The van der Waals surface area contributed by atoms with Crippen LogP contribution in [-0.2, 0) is 22.3 Å². The Morgan fingerprint density at radius 3 is 2.88 bits per heavy atom. The summed E-state index contributed by atoms with van der Waals surface area (Å²) in [5, 5.41) is 6.55. The lowest BCUT2D eigenvalue weighted by Crippen LogP contribution is -2.25. The summed E-state index contributed by atoms with van der Waals surface area (Å²) in [7, 11) is 0.521. The molecule has 0 bridgehead atoms. The molecule has 0 fully saturated rings. The predicted octanol–water partition coefficient (Wildman–Crippen LogP) is 2.37. The third-order valence-corrected chi connectivity index (χ3v) is 6.53.